The Hall–Kier alpha value is -1.31. The van der Waals surface area contributed by atoms with Gasteiger partial charge in [-0.3, -0.25) is 0 Å². The molecule has 0 saturated carbocycles. The van der Waals surface area contributed by atoms with Crippen LogP contribution >= 0.6 is 0 Å². The van der Waals surface area contributed by atoms with E-state index in [4.69, 9.17) is 9.47 Å². The highest BCUT2D eigenvalue weighted by molar-refractivity contribution is 7.89. The van der Waals surface area contributed by atoms with Crippen molar-refractivity contribution < 1.29 is 17.9 Å². The summed E-state index contributed by atoms with van der Waals surface area (Å²) in [6, 6.07) is 4.59. The molecular formula is C15H24N2O4S. The van der Waals surface area contributed by atoms with Crippen molar-refractivity contribution in [3.63, 3.8) is 0 Å². The van der Waals surface area contributed by atoms with Crippen LogP contribution < -0.4 is 14.2 Å². The van der Waals surface area contributed by atoms with Crippen molar-refractivity contribution >= 4 is 10.0 Å². The minimum atomic E-state index is -3.52. The molecule has 0 amide bonds. The fourth-order valence-corrected chi connectivity index (χ4v) is 3.67. The van der Waals surface area contributed by atoms with Gasteiger partial charge < -0.3 is 14.4 Å². The summed E-state index contributed by atoms with van der Waals surface area (Å²) in [4.78, 5) is 2.55. The molecule has 0 bridgehead atoms. The Morgan fingerprint density at radius 3 is 2.45 bits per heavy atom. The van der Waals surface area contributed by atoms with Crippen molar-refractivity contribution in [2.45, 2.75) is 24.2 Å². The van der Waals surface area contributed by atoms with E-state index in [0.29, 0.717) is 18.0 Å². The van der Waals surface area contributed by atoms with Gasteiger partial charge in [0.1, 0.15) is 0 Å². The van der Waals surface area contributed by atoms with Crippen molar-refractivity contribution in [3.8, 4) is 11.5 Å². The van der Waals surface area contributed by atoms with Crippen LogP contribution in [0.1, 0.15) is 19.3 Å². The quantitative estimate of drug-likeness (QED) is 0.732. The lowest BCUT2D eigenvalue weighted by Crippen LogP contribution is -2.28. The van der Waals surface area contributed by atoms with Crippen molar-refractivity contribution in [2.24, 2.45) is 0 Å². The smallest absolute Gasteiger partial charge is 0.240 e. The zero-order chi connectivity index (χ0) is 16.0. The fourth-order valence-electron chi connectivity index (χ4n) is 2.58. The molecule has 0 spiro atoms. The molecule has 6 nitrogen and oxygen atoms in total. The first-order valence-electron chi connectivity index (χ1n) is 7.51. The number of likely N-dealkylation sites (tertiary alicyclic amines) is 1. The third kappa shape index (κ3) is 4.34. The van der Waals surface area contributed by atoms with Gasteiger partial charge in [0.25, 0.3) is 0 Å². The lowest BCUT2D eigenvalue weighted by molar-refractivity contribution is 0.334. The van der Waals surface area contributed by atoms with Crippen LogP contribution in [0.5, 0.6) is 11.5 Å². The van der Waals surface area contributed by atoms with Gasteiger partial charge in [0.2, 0.25) is 10.0 Å². The number of nitrogens with one attached hydrogen (secondary N) is 1. The van der Waals surface area contributed by atoms with Gasteiger partial charge in [-0.25, -0.2) is 13.1 Å². The molecule has 124 valence electrons. The molecule has 0 unspecified atom stereocenters. The molecule has 22 heavy (non-hydrogen) atoms. The molecule has 1 aromatic rings. The highest BCUT2D eigenvalue weighted by atomic mass is 32.2. The summed E-state index contributed by atoms with van der Waals surface area (Å²) < 4.78 is 37.4. The molecular weight excluding hydrogens is 304 g/mol. The molecule has 0 radical (unpaired) electrons. The molecule has 1 aliphatic heterocycles. The van der Waals surface area contributed by atoms with Crippen LogP contribution in [0.25, 0.3) is 0 Å². The fraction of sp³-hybridized carbons (Fsp3) is 0.600. The second kappa shape index (κ2) is 7.80. The van der Waals surface area contributed by atoms with E-state index >= 15 is 0 Å². The van der Waals surface area contributed by atoms with Gasteiger partial charge >= 0.3 is 0 Å². The first kappa shape index (κ1) is 17.1. The van der Waals surface area contributed by atoms with E-state index in [-0.39, 0.29) is 4.90 Å². The predicted octanol–water partition coefficient (Wildman–Crippen LogP) is 1.47. The maximum Gasteiger partial charge on any atom is 0.240 e. The molecule has 1 aromatic carbocycles. The number of rotatable bonds is 8. The van der Waals surface area contributed by atoms with Crippen LogP contribution in [0.4, 0.5) is 0 Å². The molecule has 1 heterocycles. The summed E-state index contributed by atoms with van der Waals surface area (Å²) in [5.41, 5.74) is 0. The number of sulfonamides is 1. The van der Waals surface area contributed by atoms with E-state index in [1.165, 1.54) is 39.2 Å². The van der Waals surface area contributed by atoms with Gasteiger partial charge in [0.15, 0.2) is 11.5 Å². The zero-order valence-electron chi connectivity index (χ0n) is 13.2. The van der Waals surface area contributed by atoms with Crippen LogP contribution in [0.2, 0.25) is 0 Å². The third-order valence-corrected chi connectivity index (χ3v) is 5.27. The van der Waals surface area contributed by atoms with Crippen LogP contribution in [0.3, 0.4) is 0 Å². The lowest BCUT2D eigenvalue weighted by atomic mass is 10.3. The van der Waals surface area contributed by atoms with E-state index in [1.54, 1.807) is 6.07 Å². The topological polar surface area (TPSA) is 67.9 Å². The summed E-state index contributed by atoms with van der Waals surface area (Å²) in [7, 11) is -0.517. The van der Waals surface area contributed by atoms with Gasteiger partial charge in [-0.05, 0) is 51.0 Å². The predicted molar refractivity (Wildman–Crippen MR) is 85.0 cm³/mol. The number of hydrogen-bond donors (Lipinski definition) is 1. The Bertz CT molecular complexity index is 583. The Kier molecular flexibility index (Phi) is 6.05. The Morgan fingerprint density at radius 1 is 1.14 bits per heavy atom. The maximum absolute atomic E-state index is 12.3. The highest BCUT2D eigenvalue weighted by Gasteiger charge is 2.17. The normalized spacial score (nSPS) is 15.9. The van der Waals surface area contributed by atoms with Gasteiger partial charge in [-0.1, -0.05) is 0 Å². The first-order chi connectivity index (χ1) is 10.6. The molecule has 7 heteroatoms. The number of hydrogen-bond acceptors (Lipinski definition) is 5. The average Bonchev–Trinajstić information content (AvgIpc) is 3.04. The Labute approximate surface area is 132 Å². The van der Waals surface area contributed by atoms with Crippen molar-refractivity contribution in [3.05, 3.63) is 18.2 Å². The molecule has 1 N–H and O–H groups in total. The molecule has 2 rings (SSSR count). The van der Waals surface area contributed by atoms with Crippen LogP contribution in [0, 0.1) is 0 Å². The molecule has 0 aromatic heterocycles. The summed E-state index contributed by atoms with van der Waals surface area (Å²) in [6.07, 6.45) is 3.31. The number of nitrogens with zero attached hydrogens (tertiary/aromatic N) is 1. The van der Waals surface area contributed by atoms with E-state index in [2.05, 4.69) is 9.62 Å². The third-order valence-electron chi connectivity index (χ3n) is 3.81. The minimum Gasteiger partial charge on any atom is -0.493 e. The summed E-state index contributed by atoms with van der Waals surface area (Å²) in [5, 5.41) is 0. The van der Waals surface area contributed by atoms with E-state index in [1.807, 2.05) is 0 Å². The van der Waals surface area contributed by atoms with Gasteiger partial charge in [0.05, 0.1) is 19.1 Å². The largest absolute Gasteiger partial charge is 0.493 e. The molecule has 1 saturated heterocycles. The number of methoxy groups -OCH3 is 2. The molecule has 1 aliphatic rings. The average molecular weight is 328 g/mol. The zero-order valence-corrected chi connectivity index (χ0v) is 14.0. The maximum atomic E-state index is 12.3. The first-order valence-corrected chi connectivity index (χ1v) is 8.99. The minimum absolute atomic E-state index is 0.186. The van der Waals surface area contributed by atoms with Crippen molar-refractivity contribution in [1.29, 1.82) is 0 Å². The van der Waals surface area contributed by atoms with Gasteiger partial charge in [-0.2, -0.15) is 0 Å². The van der Waals surface area contributed by atoms with Crippen LogP contribution in [-0.4, -0.2) is 53.7 Å². The van der Waals surface area contributed by atoms with Gasteiger partial charge in [0, 0.05) is 12.6 Å². The van der Waals surface area contributed by atoms with E-state index < -0.39 is 10.0 Å². The summed E-state index contributed by atoms with van der Waals surface area (Å²) in [6.45, 7) is 3.63. The molecule has 1 fully saturated rings. The Morgan fingerprint density at radius 2 is 1.82 bits per heavy atom. The highest BCUT2D eigenvalue weighted by Crippen LogP contribution is 2.29. The Balaban J connectivity index is 1.91. The summed E-state index contributed by atoms with van der Waals surface area (Å²) >= 11 is 0. The van der Waals surface area contributed by atoms with E-state index in [0.717, 1.165) is 26.1 Å². The van der Waals surface area contributed by atoms with Crippen LogP contribution in [0.15, 0.2) is 23.1 Å². The van der Waals surface area contributed by atoms with Gasteiger partial charge in [-0.15, -0.1) is 0 Å². The lowest BCUT2D eigenvalue weighted by Gasteiger charge is -2.14. The molecule has 0 aliphatic carbocycles. The van der Waals surface area contributed by atoms with E-state index in [9.17, 15) is 8.42 Å². The van der Waals surface area contributed by atoms with Crippen molar-refractivity contribution in [1.82, 2.24) is 9.62 Å². The monoisotopic (exact) mass is 328 g/mol. The number of ether oxygens (including phenoxy) is 2. The van der Waals surface area contributed by atoms with Crippen molar-refractivity contribution in [2.75, 3.05) is 40.4 Å². The van der Waals surface area contributed by atoms with Crippen LogP contribution in [-0.2, 0) is 10.0 Å². The summed E-state index contributed by atoms with van der Waals surface area (Å²) in [5.74, 6) is 0.915. The standard InChI is InChI=1S/C15H24N2O4S/c1-20-14-7-6-13(12-15(14)21-2)22(18,19)16-8-5-11-17-9-3-4-10-17/h6-7,12,16H,3-5,8-11H2,1-2H3. The SMILES string of the molecule is COc1ccc(S(=O)(=O)NCCCN2CCCC2)cc1OC. The molecule has 0 atom stereocenters. The number of benzene rings is 1. The second-order valence-corrected chi connectivity index (χ2v) is 7.08. The second-order valence-electron chi connectivity index (χ2n) is 5.32.